The Hall–Kier alpha value is -5.80. The van der Waals surface area contributed by atoms with E-state index in [9.17, 15) is 0 Å². The van der Waals surface area contributed by atoms with Gasteiger partial charge in [0.2, 0.25) is 0 Å². The van der Waals surface area contributed by atoms with E-state index in [1.54, 1.807) is 0 Å². The molecule has 9 aromatic carbocycles. The van der Waals surface area contributed by atoms with Crippen LogP contribution in [-0.2, 0) is 16.2 Å². The van der Waals surface area contributed by atoms with Crippen LogP contribution in [0.5, 0.6) is 0 Å². The Balaban J connectivity index is 1.43. The monoisotopic (exact) mass is 712 g/mol. The second-order valence-corrected chi connectivity index (χ2v) is 19.1. The summed E-state index contributed by atoms with van der Waals surface area (Å²) in [4.78, 5) is 20.7. The topological polar surface area (TPSA) is 34.4 Å². The lowest BCUT2D eigenvalue weighted by atomic mass is 9.80. The quantitative estimate of drug-likeness (QED) is 0.167. The van der Waals surface area contributed by atoms with Crippen LogP contribution in [0.3, 0.4) is 0 Å². The van der Waals surface area contributed by atoms with Gasteiger partial charge in [0, 0.05) is 5.39 Å². The van der Waals surface area contributed by atoms with Gasteiger partial charge in [-0.05, 0) is 133 Å². The smallest absolute Gasteiger partial charge is 0.265 e. The van der Waals surface area contributed by atoms with Crippen molar-refractivity contribution in [3.05, 3.63) is 130 Å². The van der Waals surface area contributed by atoms with Crippen molar-refractivity contribution in [1.29, 1.82) is 0 Å². The van der Waals surface area contributed by atoms with E-state index in [1.807, 2.05) is 4.40 Å². The molecule has 0 saturated heterocycles. The van der Waals surface area contributed by atoms with E-state index in [1.165, 1.54) is 82.0 Å². The Kier molecular flexibility index (Phi) is 6.10. The minimum absolute atomic E-state index is 0.00665. The molecule has 268 valence electrons. The van der Waals surface area contributed by atoms with E-state index < -0.39 is 0 Å². The predicted octanol–water partition coefficient (Wildman–Crippen LogP) is 13.7. The van der Waals surface area contributed by atoms with Crippen LogP contribution in [0.15, 0.2) is 108 Å². The van der Waals surface area contributed by atoms with Gasteiger partial charge in [0.25, 0.3) is 5.56 Å². The van der Waals surface area contributed by atoms with E-state index in [4.69, 9.17) is 4.98 Å². The van der Waals surface area contributed by atoms with Crippen molar-refractivity contribution >= 4 is 81.3 Å². The molecule has 0 unspecified atom stereocenters. The zero-order valence-electron chi connectivity index (χ0n) is 33.1. The van der Waals surface area contributed by atoms with Gasteiger partial charge < -0.3 is 0 Å². The normalized spacial score (nSPS) is 13.6. The molecule has 0 bridgehead atoms. The summed E-state index contributed by atoms with van der Waals surface area (Å²) in [6, 6.07) is 38.2. The van der Waals surface area contributed by atoms with Gasteiger partial charge in [-0.1, -0.05) is 141 Å². The van der Waals surface area contributed by atoms with Crippen molar-refractivity contribution in [2.45, 2.75) is 78.6 Å². The summed E-state index contributed by atoms with van der Waals surface area (Å²) in [5.74, 6) is 0. The van der Waals surface area contributed by atoms with E-state index in [0.29, 0.717) is 0 Å². The highest BCUT2D eigenvalue weighted by molar-refractivity contribution is 6.50. The molecule has 0 fully saturated rings. The fourth-order valence-corrected chi connectivity index (χ4v) is 10.1. The number of benzene rings is 8. The Morgan fingerprint density at radius 1 is 0.455 bits per heavy atom. The van der Waals surface area contributed by atoms with Gasteiger partial charge in [-0.2, -0.15) is 0 Å². The van der Waals surface area contributed by atoms with Crippen LogP contribution in [0, 0.1) is 0 Å². The van der Waals surface area contributed by atoms with Gasteiger partial charge in [-0.15, -0.1) is 0 Å². The average Bonchev–Trinajstić information content (AvgIpc) is 3.80. The third kappa shape index (κ3) is 4.16. The number of fused-ring (bicyclic) bond motifs is 7. The highest BCUT2D eigenvalue weighted by Crippen LogP contribution is 2.55. The van der Waals surface area contributed by atoms with Crippen LogP contribution in [0.1, 0.15) is 79.0 Å². The van der Waals surface area contributed by atoms with Gasteiger partial charge in [-0.25, -0.2) is 4.98 Å². The van der Waals surface area contributed by atoms with Gasteiger partial charge in [-0.3, -0.25) is 9.20 Å². The maximum atomic E-state index is 15.3. The number of imidazole rings is 1. The fourth-order valence-electron chi connectivity index (χ4n) is 10.1. The third-order valence-electron chi connectivity index (χ3n) is 12.6. The highest BCUT2D eigenvalue weighted by atomic mass is 16.1. The summed E-state index contributed by atoms with van der Waals surface area (Å²) in [5.41, 5.74) is 11.0. The molecule has 0 radical (unpaired) electrons. The van der Waals surface area contributed by atoms with Crippen LogP contribution >= 0.6 is 0 Å². The summed E-state index contributed by atoms with van der Waals surface area (Å²) in [6.45, 7) is 20.4. The molecule has 0 aliphatic carbocycles. The van der Waals surface area contributed by atoms with Gasteiger partial charge in [0.05, 0.1) is 16.4 Å². The molecule has 0 atom stereocenters. The molecule has 11 rings (SSSR count). The lowest BCUT2D eigenvalue weighted by molar-refractivity contribution is 0.591. The minimum Gasteiger partial charge on any atom is -0.268 e. The van der Waals surface area contributed by atoms with Crippen molar-refractivity contribution in [3.63, 3.8) is 0 Å². The first kappa shape index (κ1) is 32.6. The minimum atomic E-state index is -0.0741. The van der Waals surface area contributed by atoms with Crippen LogP contribution in [0.25, 0.3) is 104 Å². The first-order valence-corrected chi connectivity index (χ1v) is 19.7. The van der Waals surface area contributed by atoms with E-state index in [-0.39, 0.29) is 21.8 Å². The SMILES string of the molecule is CC(C)(C)c1ccc2c(c1)nc1c3c4cc(-c5ccccc5C(C)(C)C)c5ccc6ccc7c(-c8ccccc8C(C)(C)C)cc(c3c(=O)n21)c1c7c6c5c41. The fraction of sp³-hybridized carbons (Fsp3) is 0.231. The predicted molar refractivity (Wildman–Crippen MR) is 236 cm³/mol. The molecule has 0 saturated carbocycles. The Morgan fingerprint density at radius 2 is 0.964 bits per heavy atom. The standard InChI is InChI=1S/C52H44N2O/c1-50(2,3)28-20-23-40-39(24-28)53-48-46-35-25-33(29-14-10-12-16-37(29)51(4,5)6)31-21-18-27-19-22-32-34(30-15-11-13-17-38(30)52(7,8)9)26-36(47(46)49(55)54(40)48)45-43(32)41(27)42(31)44(35)45/h10-26H,1-9H3. The van der Waals surface area contributed by atoms with Crippen LogP contribution < -0.4 is 5.56 Å². The summed E-state index contributed by atoms with van der Waals surface area (Å²) in [6.07, 6.45) is 0. The zero-order valence-corrected chi connectivity index (χ0v) is 33.1. The van der Waals surface area contributed by atoms with Crippen LogP contribution in [0.4, 0.5) is 0 Å². The third-order valence-corrected chi connectivity index (χ3v) is 12.6. The molecule has 0 amide bonds. The molecule has 0 aliphatic heterocycles. The summed E-state index contributed by atoms with van der Waals surface area (Å²) in [7, 11) is 0. The maximum absolute atomic E-state index is 15.3. The van der Waals surface area contributed by atoms with E-state index >= 15 is 4.79 Å². The second-order valence-electron chi connectivity index (χ2n) is 19.1. The number of aromatic nitrogens is 2. The summed E-state index contributed by atoms with van der Waals surface area (Å²) in [5, 5.41) is 13.9. The molecule has 3 nitrogen and oxygen atoms in total. The molecule has 0 aliphatic rings. The zero-order chi connectivity index (χ0) is 38.1. The van der Waals surface area contributed by atoms with E-state index in [0.717, 1.165) is 38.2 Å². The molecule has 2 aromatic heterocycles. The lowest BCUT2D eigenvalue weighted by Gasteiger charge is -2.24. The molecule has 0 N–H and O–H groups in total. The molecular formula is C52H44N2O. The number of rotatable bonds is 2. The average molecular weight is 713 g/mol. The van der Waals surface area contributed by atoms with Crippen molar-refractivity contribution in [3.8, 4) is 22.3 Å². The Labute approximate surface area is 320 Å². The van der Waals surface area contributed by atoms with Crippen molar-refractivity contribution in [2.75, 3.05) is 0 Å². The molecule has 55 heavy (non-hydrogen) atoms. The largest absolute Gasteiger partial charge is 0.268 e. The molecular weight excluding hydrogens is 669 g/mol. The molecule has 0 spiro atoms. The number of hydrogen-bond donors (Lipinski definition) is 0. The van der Waals surface area contributed by atoms with Crippen molar-refractivity contribution < 1.29 is 0 Å². The van der Waals surface area contributed by atoms with Crippen LogP contribution in [-0.4, -0.2) is 9.38 Å². The van der Waals surface area contributed by atoms with Crippen molar-refractivity contribution in [1.82, 2.24) is 9.38 Å². The number of hydrogen-bond acceptors (Lipinski definition) is 2. The Bertz CT molecular complexity index is 3430. The Morgan fingerprint density at radius 3 is 1.49 bits per heavy atom. The first-order chi connectivity index (χ1) is 26.1. The van der Waals surface area contributed by atoms with Gasteiger partial charge >= 0.3 is 0 Å². The van der Waals surface area contributed by atoms with Crippen molar-refractivity contribution in [2.24, 2.45) is 0 Å². The molecule has 2 heterocycles. The van der Waals surface area contributed by atoms with Gasteiger partial charge in [0.1, 0.15) is 5.65 Å². The lowest BCUT2D eigenvalue weighted by Crippen LogP contribution is -2.12. The maximum Gasteiger partial charge on any atom is 0.265 e. The van der Waals surface area contributed by atoms with E-state index in [2.05, 4.69) is 165 Å². The molecule has 11 aromatic rings. The summed E-state index contributed by atoms with van der Waals surface area (Å²) >= 11 is 0. The number of nitrogens with zero attached hydrogens (tertiary/aromatic N) is 2. The second kappa shape index (κ2) is 10.3. The van der Waals surface area contributed by atoms with Crippen LogP contribution in [0.2, 0.25) is 0 Å². The highest BCUT2D eigenvalue weighted by Gasteiger charge is 2.31. The molecule has 3 heteroatoms. The first-order valence-electron chi connectivity index (χ1n) is 19.7. The summed E-state index contributed by atoms with van der Waals surface area (Å²) < 4.78 is 1.90. The van der Waals surface area contributed by atoms with Gasteiger partial charge in [0.15, 0.2) is 0 Å².